The van der Waals surface area contributed by atoms with E-state index in [-0.39, 0.29) is 0 Å². The molecule has 0 aliphatic carbocycles. The third kappa shape index (κ3) is 5.65. The molecule has 0 fully saturated rings. The predicted octanol–water partition coefficient (Wildman–Crippen LogP) is 2.26. The largest absolute Gasteiger partial charge is 0.373 e. The number of hydrogen-bond donors (Lipinski definition) is 0. The van der Waals surface area contributed by atoms with Gasteiger partial charge in [-0.2, -0.15) is 0 Å². The van der Waals surface area contributed by atoms with Crippen molar-refractivity contribution in [2.75, 3.05) is 26.4 Å². The molecule has 0 aromatic carbocycles. The molecular weight excluding hydrogens is 308 g/mol. The lowest BCUT2D eigenvalue weighted by atomic mass is 10.3. The van der Waals surface area contributed by atoms with Crippen molar-refractivity contribution in [2.45, 2.75) is 26.4 Å². The Morgan fingerprint density at radius 3 is 1.08 bits per heavy atom. The molecular formula is C18H22N2O4. The second kappa shape index (κ2) is 9.44. The van der Waals surface area contributed by atoms with Gasteiger partial charge in [0.25, 0.3) is 0 Å². The Morgan fingerprint density at radius 1 is 0.500 bits per heavy atom. The minimum Gasteiger partial charge on any atom is -0.373 e. The molecule has 24 heavy (non-hydrogen) atoms. The second-order valence-corrected chi connectivity index (χ2v) is 5.45. The third-order valence-corrected chi connectivity index (χ3v) is 3.47. The molecule has 3 heterocycles. The van der Waals surface area contributed by atoms with E-state index in [0.717, 1.165) is 22.8 Å². The molecule has 0 amide bonds. The number of pyridine rings is 2. The van der Waals surface area contributed by atoms with Gasteiger partial charge in [-0.05, 0) is 24.3 Å². The van der Waals surface area contributed by atoms with Gasteiger partial charge in [0.1, 0.15) is 0 Å². The van der Waals surface area contributed by atoms with E-state index in [1.54, 1.807) is 0 Å². The van der Waals surface area contributed by atoms with Gasteiger partial charge in [0.2, 0.25) is 0 Å². The lowest BCUT2D eigenvalue weighted by molar-refractivity contribution is 0.0267. The summed E-state index contributed by atoms with van der Waals surface area (Å²) in [4.78, 5) is 9.03. The van der Waals surface area contributed by atoms with Crippen LogP contribution in [0.5, 0.6) is 0 Å². The smallest absolute Gasteiger partial charge is 0.0889 e. The van der Waals surface area contributed by atoms with Crippen molar-refractivity contribution in [3.8, 4) is 0 Å². The molecule has 2 aromatic heterocycles. The summed E-state index contributed by atoms with van der Waals surface area (Å²) in [7, 11) is 0. The zero-order valence-electron chi connectivity index (χ0n) is 13.6. The van der Waals surface area contributed by atoms with Crippen LogP contribution in [0.15, 0.2) is 36.4 Å². The molecule has 4 bridgehead atoms. The van der Waals surface area contributed by atoms with E-state index in [0.29, 0.717) is 52.9 Å². The van der Waals surface area contributed by atoms with Crippen LogP contribution >= 0.6 is 0 Å². The van der Waals surface area contributed by atoms with Gasteiger partial charge >= 0.3 is 0 Å². The van der Waals surface area contributed by atoms with Gasteiger partial charge in [-0.15, -0.1) is 0 Å². The highest BCUT2D eigenvalue weighted by atomic mass is 16.5. The van der Waals surface area contributed by atoms with Crippen molar-refractivity contribution in [2.24, 2.45) is 0 Å². The lowest BCUT2D eigenvalue weighted by Crippen LogP contribution is -2.09. The Bertz CT molecular complexity index is 534. The Hall–Kier alpha value is -1.86. The Balaban J connectivity index is 1.58. The van der Waals surface area contributed by atoms with E-state index in [9.17, 15) is 0 Å². The van der Waals surface area contributed by atoms with E-state index in [4.69, 9.17) is 18.9 Å². The Kier molecular flexibility index (Phi) is 6.68. The van der Waals surface area contributed by atoms with E-state index in [2.05, 4.69) is 9.97 Å². The third-order valence-electron chi connectivity index (χ3n) is 3.47. The SMILES string of the molecule is c1cc2nc(c1)COCCOCc1cccc(n1)COCCOC2. The van der Waals surface area contributed by atoms with Crippen LogP contribution < -0.4 is 0 Å². The number of nitrogens with zero attached hydrogens (tertiary/aromatic N) is 2. The first kappa shape index (κ1) is 17.0. The summed E-state index contributed by atoms with van der Waals surface area (Å²) in [5.41, 5.74) is 3.57. The summed E-state index contributed by atoms with van der Waals surface area (Å²) in [6.45, 7) is 3.94. The van der Waals surface area contributed by atoms with Crippen LogP contribution in [0.3, 0.4) is 0 Å². The van der Waals surface area contributed by atoms with Crippen LogP contribution in [0.1, 0.15) is 22.8 Å². The first-order valence-corrected chi connectivity index (χ1v) is 8.11. The van der Waals surface area contributed by atoms with Gasteiger partial charge in [0.15, 0.2) is 0 Å². The first-order chi connectivity index (χ1) is 11.9. The van der Waals surface area contributed by atoms with Crippen LogP contribution in [-0.2, 0) is 45.4 Å². The number of hydrogen-bond acceptors (Lipinski definition) is 6. The zero-order chi connectivity index (χ0) is 16.5. The number of ether oxygens (including phenoxy) is 4. The van der Waals surface area contributed by atoms with E-state index >= 15 is 0 Å². The quantitative estimate of drug-likeness (QED) is 0.738. The van der Waals surface area contributed by atoms with Crippen molar-refractivity contribution in [3.05, 3.63) is 59.2 Å². The maximum absolute atomic E-state index is 5.60. The molecule has 1 aliphatic rings. The van der Waals surface area contributed by atoms with Gasteiger partial charge in [0.05, 0.1) is 75.6 Å². The van der Waals surface area contributed by atoms with Gasteiger partial charge in [0, 0.05) is 0 Å². The molecule has 0 spiro atoms. The topological polar surface area (TPSA) is 62.7 Å². The van der Waals surface area contributed by atoms with Gasteiger partial charge in [-0.3, -0.25) is 9.97 Å². The first-order valence-electron chi connectivity index (χ1n) is 8.11. The van der Waals surface area contributed by atoms with E-state index in [1.165, 1.54) is 0 Å². The molecule has 0 radical (unpaired) electrons. The van der Waals surface area contributed by atoms with E-state index < -0.39 is 0 Å². The monoisotopic (exact) mass is 330 g/mol. The van der Waals surface area contributed by atoms with Crippen molar-refractivity contribution in [1.29, 1.82) is 0 Å². The summed E-state index contributed by atoms with van der Waals surface area (Å²) >= 11 is 0. The molecule has 2 aromatic rings. The highest BCUT2D eigenvalue weighted by Crippen LogP contribution is 2.05. The van der Waals surface area contributed by atoms with Crippen LogP contribution in [0.25, 0.3) is 0 Å². The number of aromatic nitrogens is 2. The van der Waals surface area contributed by atoms with Crippen molar-refractivity contribution in [3.63, 3.8) is 0 Å². The molecule has 3 rings (SSSR count). The maximum atomic E-state index is 5.60. The minimum atomic E-state index is 0.466. The average Bonchev–Trinajstić information content (AvgIpc) is 2.61. The number of fused-ring (bicyclic) bond motifs is 4. The molecule has 0 saturated heterocycles. The summed E-state index contributed by atoms with van der Waals surface area (Å²) < 4.78 is 22.4. The molecule has 1 aliphatic heterocycles. The minimum absolute atomic E-state index is 0.466. The molecule has 0 unspecified atom stereocenters. The van der Waals surface area contributed by atoms with Gasteiger partial charge < -0.3 is 18.9 Å². The fraction of sp³-hybridized carbons (Fsp3) is 0.444. The normalized spacial score (nSPS) is 17.7. The lowest BCUT2D eigenvalue weighted by Gasteiger charge is -2.10. The molecule has 0 N–H and O–H groups in total. The Labute approximate surface area is 141 Å². The molecule has 0 saturated carbocycles. The van der Waals surface area contributed by atoms with Crippen molar-refractivity contribution < 1.29 is 18.9 Å². The summed E-state index contributed by atoms with van der Waals surface area (Å²) in [5.74, 6) is 0. The second-order valence-electron chi connectivity index (χ2n) is 5.45. The highest BCUT2D eigenvalue weighted by Gasteiger charge is 2.02. The molecule has 6 heteroatoms. The van der Waals surface area contributed by atoms with Crippen LogP contribution in [-0.4, -0.2) is 36.4 Å². The van der Waals surface area contributed by atoms with E-state index in [1.807, 2.05) is 36.4 Å². The van der Waals surface area contributed by atoms with Crippen molar-refractivity contribution in [1.82, 2.24) is 9.97 Å². The molecule has 6 nitrogen and oxygen atoms in total. The molecule has 128 valence electrons. The van der Waals surface area contributed by atoms with Crippen molar-refractivity contribution >= 4 is 0 Å². The predicted molar refractivity (Wildman–Crippen MR) is 87.1 cm³/mol. The standard InChI is InChI=1S/C18H22N2O4/c1-3-15-11-21-7-9-23-13-17-5-2-6-18(20-17)14-24-10-8-22-12-16(4-1)19-15/h1-6H,7-14H2. The highest BCUT2D eigenvalue weighted by molar-refractivity contribution is 5.10. The maximum Gasteiger partial charge on any atom is 0.0889 e. The summed E-state index contributed by atoms with van der Waals surface area (Å²) in [6.07, 6.45) is 0. The average molecular weight is 330 g/mol. The summed E-state index contributed by atoms with van der Waals surface area (Å²) in [5, 5.41) is 0. The molecule has 0 atom stereocenters. The van der Waals surface area contributed by atoms with Crippen LogP contribution in [0.2, 0.25) is 0 Å². The van der Waals surface area contributed by atoms with Crippen LogP contribution in [0, 0.1) is 0 Å². The zero-order valence-corrected chi connectivity index (χ0v) is 13.6. The fourth-order valence-corrected chi connectivity index (χ4v) is 2.32. The Morgan fingerprint density at radius 2 is 0.792 bits per heavy atom. The van der Waals surface area contributed by atoms with Gasteiger partial charge in [-0.25, -0.2) is 0 Å². The van der Waals surface area contributed by atoms with Crippen LogP contribution in [0.4, 0.5) is 0 Å². The summed E-state index contributed by atoms with van der Waals surface area (Å²) in [6, 6.07) is 11.7. The van der Waals surface area contributed by atoms with Gasteiger partial charge in [-0.1, -0.05) is 12.1 Å². The number of rotatable bonds is 0. The fourth-order valence-electron chi connectivity index (χ4n) is 2.32.